The predicted molar refractivity (Wildman–Crippen MR) is 91.8 cm³/mol. The number of carbonyl (C=O) groups is 2. The minimum absolute atomic E-state index is 0.00372. The fourth-order valence-electron chi connectivity index (χ4n) is 3.09. The van der Waals surface area contributed by atoms with Crippen LogP contribution in [0.25, 0.3) is 0 Å². The van der Waals surface area contributed by atoms with Crippen molar-refractivity contribution in [2.24, 2.45) is 0 Å². The summed E-state index contributed by atoms with van der Waals surface area (Å²) in [6.45, 7) is -0.00451. The van der Waals surface area contributed by atoms with Crippen LogP contribution in [-0.2, 0) is 19.6 Å². The Bertz CT molecular complexity index is 862. The number of amides is 1. The van der Waals surface area contributed by atoms with Gasteiger partial charge in [-0.25, -0.2) is 13.6 Å². The highest BCUT2D eigenvalue weighted by Crippen LogP contribution is 2.30. The van der Waals surface area contributed by atoms with Crippen molar-refractivity contribution in [2.75, 3.05) is 35.2 Å². The highest BCUT2D eigenvalue weighted by molar-refractivity contribution is 7.85. The smallest absolute Gasteiger partial charge is 0.414 e. The summed E-state index contributed by atoms with van der Waals surface area (Å²) < 4.78 is 63.5. The second-order valence-electron chi connectivity index (χ2n) is 6.46. The maximum Gasteiger partial charge on any atom is 0.414 e. The minimum atomic E-state index is -4.17. The molecule has 8 nitrogen and oxygen atoms in total. The van der Waals surface area contributed by atoms with E-state index in [0.717, 1.165) is 11.0 Å². The van der Waals surface area contributed by atoms with Gasteiger partial charge in [0, 0.05) is 19.4 Å². The molecule has 0 saturated carbocycles. The predicted octanol–water partition coefficient (Wildman–Crippen LogP) is 1.55. The summed E-state index contributed by atoms with van der Waals surface area (Å²) in [4.78, 5) is 25.8. The number of Topliss-reactive ketones (excluding diaryl/α,β-unsaturated/α-hetero) is 1. The number of hydrogen-bond donors (Lipinski definition) is 1. The number of piperidine rings is 1. The van der Waals surface area contributed by atoms with Crippen LogP contribution in [0.15, 0.2) is 18.2 Å². The molecular formula is C16H18F2N2O6S. The summed E-state index contributed by atoms with van der Waals surface area (Å²) in [5, 5.41) is 0. The van der Waals surface area contributed by atoms with Crippen LogP contribution in [0.2, 0.25) is 0 Å². The molecule has 1 amide bonds. The lowest BCUT2D eigenvalue weighted by Crippen LogP contribution is -2.42. The van der Waals surface area contributed by atoms with Crippen molar-refractivity contribution >= 4 is 33.4 Å². The summed E-state index contributed by atoms with van der Waals surface area (Å²) >= 11 is 0. The monoisotopic (exact) mass is 404 g/mol. The minimum Gasteiger partial charge on any atom is -0.444 e. The molecule has 2 heterocycles. The topological polar surface area (TPSA) is 104 Å². The second kappa shape index (κ2) is 7.39. The van der Waals surface area contributed by atoms with Gasteiger partial charge in [-0.15, -0.1) is 0 Å². The van der Waals surface area contributed by atoms with E-state index in [9.17, 15) is 26.8 Å². The zero-order chi connectivity index (χ0) is 19.8. The molecule has 2 aliphatic heterocycles. The van der Waals surface area contributed by atoms with Crippen molar-refractivity contribution in [1.82, 2.24) is 0 Å². The summed E-state index contributed by atoms with van der Waals surface area (Å²) in [6, 6.07) is 3.96. The van der Waals surface area contributed by atoms with Gasteiger partial charge in [0.15, 0.2) is 12.0 Å². The number of ether oxygens (including phenoxy) is 1. The average Bonchev–Trinajstić information content (AvgIpc) is 2.96. The zero-order valence-corrected chi connectivity index (χ0v) is 15.0. The van der Waals surface area contributed by atoms with Crippen LogP contribution in [-0.4, -0.2) is 62.5 Å². The van der Waals surface area contributed by atoms with Crippen LogP contribution in [0.5, 0.6) is 0 Å². The third kappa shape index (κ3) is 4.53. The molecule has 1 N–H and O–H groups in total. The first-order valence-electron chi connectivity index (χ1n) is 8.28. The SMILES string of the molecule is O=C1CCN(c2ccc(N3CC(CCS(=O)(=O)O)OC3=O)cc2F)C[C@H]1F. The Morgan fingerprint density at radius 1 is 1.26 bits per heavy atom. The first kappa shape index (κ1) is 19.5. The molecule has 148 valence electrons. The summed E-state index contributed by atoms with van der Waals surface area (Å²) in [5.41, 5.74) is 0.338. The van der Waals surface area contributed by atoms with Crippen molar-refractivity contribution in [1.29, 1.82) is 0 Å². The lowest BCUT2D eigenvalue weighted by molar-refractivity contribution is -0.124. The number of nitrogens with zero attached hydrogens (tertiary/aromatic N) is 2. The van der Waals surface area contributed by atoms with Gasteiger partial charge in [-0.3, -0.25) is 14.2 Å². The number of anilines is 2. The van der Waals surface area contributed by atoms with Crippen molar-refractivity contribution in [3.8, 4) is 0 Å². The van der Waals surface area contributed by atoms with E-state index in [-0.39, 0.29) is 43.9 Å². The first-order chi connectivity index (χ1) is 12.6. The lowest BCUT2D eigenvalue weighted by Gasteiger charge is -2.30. The summed E-state index contributed by atoms with van der Waals surface area (Å²) in [5.74, 6) is -1.73. The Hall–Kier alpha value is -2.27. The Kier molecular flexibility index (Phi) is 5.33. The van der Waals surface area contributed by atoms with Crippen LogP contribution < -0.4 is 9.80 Å². The summed E-state index contributed by atoms with van der Waals surface area (Å²) in [7, 11) is -4.17. The molecule has 2 fully saturated rings. The number of rotatable bonds is 5. The first-order valence-corrected chi connectivity index (χ1v) is 9.89. The van der Waals surface area contributed by atoms with Gasteiger partial charge >= 0.3 is 6.09 Å². The highest BCUT2D eigenvalue weighted by atomic mass is 32.2. The van der Waals surface area contributed by atoms with Crippen molar-refractivity contribution in [3.05, 3.63) is 24.0 Å². The van der Waals surface area contributed by atoms with E-state index in [2.05, 4.69) is 0 Å². The Morgan fingerprint density at radius 2 is 2.00 bits per heavy atom. The third-order valence-corrected chi connectivity index (χ3v) is 5.27. The van der Waals surface area contributed by atoms with Gasteiger partial charge in [0.1, 0.15) is 11.9 Å². The standard InChI is InChI=1S/C16H18F2N2O6S/c17-12-7-10(1-2-14(12)19-5-3-15(21)13(18)9-19)20-8-11(26-16(20)22)4-6-27(23,24)25/h1-2,7,11,13H,3-6,8-9H2,(H,23,24,25)/t11?,13-/m1/s1. The molecule has 2 saturated heterocycles. The number of benzene rings is 1. The van der Waals surface area contributed by atoms with Gasteiger partial charge in [-0.05, 0) is 18.2 Å². The normalized spacial score (nSPS) is 23.7. The molecule has 27 heavy (non-hydrogen) atoms. The molecular weight excluding hydrogens is 386 g/mol. The fraction of sp³-hybridized carbons (Fsp3) is 0.500. The molecule has 1 unspecified atom stereocenters. The zero-order valence-electron chi connectivity index (χ0n) is 14.2. The van der Waals surface area contributed by atoms with E-state index in [1.807, 2.05) is 0 Å². The molecule has 0 aliphatic carbocycles. The van der Waals surface area contributed by atoms with E-state index in [0.29, 0.717) is 0 Å². The molecule has 11 heteroatoms. The van der Waals surface area contributed by atoms with Gasteiger partial charge in [-0.1, -0.05) is 0 Å². The number of alkyl halides is 1. The van der Waals surface area contributed by atoms with Crippen LogP contribution in [0.3, 0.4) is 0 Å². The highest BCUT2D eigenvalue weighted by Gasteiger charge is 2.34. The average molecular weight is 404 g/mol. The van der Waals surface area contributed by atoms with E-state index >= 15 is 0 Å². The molecule has 0 bridgehead atoms. The Morgan fingerprint density at radius 3 is 2.63 bits per heavy atom. The van der Waals surface area contributed by atoms with E-state index < -0.39 is 45.8 Å². The van der Waals surface area contributed by atoms with Gasteiger partial charge in [-0.2, -0.15) is 8.42 Å². The van der Waals surface area contributed by atoms with E-state index in [1.54, 1.807) is 0 Å². The summed E-state index contributed by atoms with van der Waals surface area (Å²) in [6.07, 6.45) is -3.25. The number of carbonyl (C=O) groups excluding carboxylic acids is 2. The van der Waals surface area contributed by atoms with Gasteiger partial charge in [0.2, 0.25) is 0 Å². The molecule has 2 aliphatic rings. The maximum atomic E-state index is 14.5. The van der Waals surface area contributed by atoms with Crippen LogP contribution >= 0.6 is 0 Å². The number of hydrogen-bond acceptors (Lipinski definition) is 6. The van der Waals surface area contributed by atoms with Gasteiger partial charge in [0.25, 0.3) is 10.1 Å². The largest absolute Gasteiger partial charge is 0.444 e. The molecule has 3 rings (SSSR count). The number of halogens is 2. The molecule has 1 aromatic rings. The molecule has 0 aromatic heterocycles. The van der Waals surface area contributed by atoms with Crippen molar-refractivity contribution < 1.29 is 36.1 Å². The Balaban J connectivity index is 1.70. The van der Waals surface area contributed by atoms with E-state index in [1.165, 1.54) is 17.0 Å². The second-order valence-corrected chi connectivity index (χ2v) is 8.03. The van der Waals surface area contributed by atoms with Gasteiger partial charge < -0.3 is 9.64 Å². The quantitative estimate of drug-likeness (QED) is 0.743. The van der Waals surface area contributed by atoms with Gasteiger partial charge in [0.05, 0.1) is 30.2 Å². The van der Waals surface area contributed by atoms with Crippen molar-refractivity contribution in [3.63, 3.8) is 0 Å². The molecule has 0 spiro atoms. The number of cyclic esters (lactones) is 1. The number of ketones is 1. The Labute approximate surface area is 154 Å². The lowest BCUT2D eigenvalue weighted by atomic mass is 10.1. The maximum absolute atomic E-state index is 14.5. The van der Waals surface area contributed by atoms with Crippen molar-refractivity contribution in [2.45, 2.75) is 25.1 Å². The van der Waals surface area contributed by atoms with Crippen LogP contribution in [0, 0.1) is 5.82 Å². The van der Waals surface area contributed by atoms with Crippen LogP contribution in [0.4, 0.5) is 25.0 Å². The third-order valence-electron chi connectivity index (χ3n) is 4.51. The molecule has 0 radical (unpaired) electrons. The molecule has 2 atom stereocenters. The van der Waals surface area contributed by atoms with Crippen LogP contribution in [0.1, 0.15) is 12.8 Å². The fourth-order valence-corrected chi connectivity index (χ4v) is 3.65. The van der Waals surface area contributed by atoms with E-state index in [4.69, 9.17) is 9.29 Å². The molecule has 1 aromatic carbocycles.